The Morgan fingerprint density at radius 1 is 1.18 bits per heavy atom. The van der Waals surface area contributed by atoms with E-state index in [0.717, 1.165) is 6.42 Å². The van der Waals surface area contributed by atoms with Crippen molar-refractivity contribution in [1.82, 2.24) is 0 Å². The molecule has 2 rings (SSSR count). The van der Waals surface area contributed by atoms with Crippen molar-refractivity contribution in [1.29, 1.82) is 0 Å². The van der Waals surface area contributed by atoms with Gasteiger partial charge in [0, 0.05) is 6.61 Å². The van der Waals surface area contributed by atoms with Crippen LogP contribution in [0.1, 0.15) is 56.6 Å². The molecule has 1 aliphatic carbocycles. The Bertz CT molecular complexity index is 358. The van der Waals surface area contributed by atoms with Crippen molar-refractivity contribution in [2.45, 2.75) is 51.9 Å². The maximum atomic E-state index is 9.13. The van der Waals surface area contributed by atoms with Crippen LogP contribution in [0.4, 0.5) is 0 Å². The van der Waals surface area contributed by atoms with Crippen molar-refractivity contribution in [2.24, 2.45) is 5.41 Å². The standard InChI is InChI=1S/C16H24O/c1-16(2)10-7-14(8-11-16)15-6-4-3-5-13(15)9-12-17/h3-6,14,17H,7-12H2,1-2H3. The third-order valence-corrected chi connectivity index (χ3v) is 4.22. The Labute approximate surface area is 105 Å². The second kappa shape index (κ2) is 5.22. The Morgan fingerprint density at radius 3 is 2.47 bits per heavy atom. The molecular formula is C16H24O. The SMILES string of the molecule is CC1(C)CCC(c2ccccc2CCO)CC1. The van der Waals surface area contributed by atoms with Crippen LogP contribution in [0.5, 0.6) is 0 Å². The van der Waals surface area contributed by atoms with Gasteiger partial charge in [0.2, 0.25) is 0 Å². The summed E-state index contributed by atoms with van der Waals surface area (Å²) >= 11 is 0. The lowest BCUT2D eigenvalue weighted by Crippen LogP contribution is -2.20. The van der Waals surface area contributed by atoms with Gasteiger partial charge in [-0.2, -0.15) is 0 Å². The summed E-state index contributed by atoms with van der Waals surface area (Å²) < 4.78 is 0. The molecular weight excluding hydrogens is 208 g/mol. The summed E-state index contributed by atoms with van der Waals surface area (Å²) in [6.07, 6.45) is 6.05. The number of benzene rings is 1. The maximum Gasteiger partial charge on any atom is 0.0471 e. The Kier molecular flexibility index (Phi) is 3.88. The normalized spacial score (nSPS) is 20.4. The quantitative estimate of drug-likeness (QED) is 0.838. The molecule has 0 spiro atoms. The minimum absolute atomic E-state index is 0.259. The van der Waals surface area contributed by atoms with E-state index in [1.165, 1.54) is 36.8 Å². The molecule has 17 heavy (non-hydrogen) atoms. The largest absolute Gasteiger partial charge is 0.396 e. The van der Waals surface area contributed by atoms with Crippen molar-refractivity contribution in [3.05, 3.63) is 35.4 Å². The second-order valence-electron chi connectivity index (χ2n) is 6.11. The van der Waals surface area contributed by atoms with Crippen LogP contribution in [0, 0.1) is 5.41 Å². The second-order valence-corrected chi connectivity index (χ2v) is 6.11. The molecule has 1 aliphatic rings. The average molecular weight is 232 g/mol. The number of rotatable bonds is 3. The third-order valence-electron chi connectivity index (χ3n) is 4.22. The molecule has 0 amide bonds. The van der Waals surface area contributed by atoms with Crippen LogP contribution in [-0.2, 0) is 6.42 Å². The van der Waals surface area contributed by atoms with Crippen LogP contribution >= 0.6 is 0 Å². The maximum absolute atomic E-state index is 9.13. The van der Waals surface area contributed by atoms with E-state index in [1.807, 2.05) is 0 Å². The summed E-state index contributed by atoms with van der Waals surface area (Å²) in [4.78, 5) is 0. The zero-order chi connectivity index (χ0) is 12.3. The van der Waals surface area contributed by atoms with Crippen LogP contribution in [0.15, 0.2) is 24.3 Å². The lowest BCUT2D eigenvalue weighted by atomic mass is 9.70. The summed E-state index contributed by atoms with van der Waals surface area (Å²) in [5.41, 5.74) is 3.36. The van der Waals surface area contributed by atoms with Crippen LogP contribution in [0.2, 0.25) is 0 Å². The van der Waals surface area contributed by atoms with Gasteiger partial charge in [-0.25, -0.2) is 0 Å². The first-order chi connectivity index (χ1) is 8.12. The van der Waals surface area contributed by atoms with Crippen LogP contribution in [-0.4, -0.2) is 11.7 Å². The first-order valence-electron chi connectivity index (χ1n) is 6.81. The van der Waals surface area contributed by atoms with E-state index in [9.17, 15) is 0 Å². The summed E-state index contributed by atoms with van der Waals surface area (Å²) in [5.74, 6) is 0.714. The van der Waals surface area contributed by atoms with Crippen molar-refractivity contribution >= 4 is 0 Å². The van der Waals surface area contributed by atoms with E-state index in [-0.39, 0.29) is 6.61 Å². The molecule has 1 saturated carbocycles. The molecule has 1 aromatic carbocycles. The number of aliphatic hydroxyl groups is 1. The Balaban J connectivity index is 2.12. The van der Waals surface area contributed by atoms with E-state index in [2.05, 4.69) is 38.1 Å². The number of hydrogen-bond donors (Lipinski definition) is 1. The van der Waals surface area contributed by atoms with Crippen LogP contribution in [0.25, 0.3) is 0 Å². The number of hydrogen-bond acceptors (Lipinski definition) is 1. The van der Waals surface area contributed by atoms with Gasteiger partial charge in [0.25, 0.3) is 0 Å². The molecule has 0 saturated heterocycles. The molecule has 0 unspecified atom stereocenters. The predicted octanol–water partition coefficient (Wildman–Crippen LogP) is 3.91. The van der Waals surface area contributed by atoms with E-state index < -0.39 is 0 Å². The highest BCUT2D eigenvalue weighted by Crippen LogP contribution is 2.43. The van der Waals surface area contributed by atoms with Gasteiger partial charge in [-0.15, -0.1) is 0 Å². The first kappa shape index (κ1) is 12.6. The van der Waals surface area contributed by atoms with Gasteiger partial charge in [0.15, 0.2) is 0 Å². The monoisotopic (exact) mass is 232 g/mol. The molecule has 1 N–H and O–H groups in total. The van der Waals surface area contributed by atoms with E-state index in [4.69, 9.17) is 5.11 Å². The molecule has 0 radical (unpaired) electrons. The molecule has 94 valence electrons. The molecule has 0 aromatic heterocycles. The topological polar surface area (TPSA) is 20.2 Å². The Hall–Kier alpha value is -0.820. The van der Waals surface area contributed by atoms with Gasteiger partial charge in [-0.05, 0) is 54.6 Å². The molecule has 1 fully saturated rings. The lowest BCUT2D eigenvalue weighted by molar-refractivity contribution is 0.223. The van der Waals surface area contributed by atoms with Crippen LogP contribution in [0.3, 0.4) is 0 Å². The lowest BCUT2D eigenvalue weighted by Gasteiger charge is -2.35. The molecule has 1 heteroatoms. The van der Waals surface area contributed by atoms with Gasteiger partial charge in [0.05, 0.1) is 0 Å². The fourth-order valence-electron chi connectivity index (χ4n) is 2.99. The molecule has 1 aromatic rings. The van der Waals surface area contributed by atoms with Crippen molar-refractivity contribution in [3.63, 3.8) is 0 Å². The smallest absolute Gasteiger partial charge is 0.0471 e. The van der Waals surface area contributed by atoms with Crippen molar-refractivity contribution < 1.29 is 5.11 Å². The summed E-state index contributed by atoms with van der Waals surface area (Å²) in [7, 11) is 0. The van der Waals surface area contributed by atoms with E-state index in [1.54, 1.807) is 0 Å². The fraction of sp³-hybridized carbons (Fsp3) is 0.625. The minimum Gasteiger partial charge on any atom is -0.396 e. The summed E-state index contributed by atoms with van der Waals surface area (Å²) in [6.45, 7) is 5.01. The Morgan fingerprint density at radius 2 is 1.82 bits per heavy atom. The van der Waals surface area contributed by atoms with Crippen molar-refractivity contribution in [3.8, 4) is 0 Å². The van der Waals surface area contributed by atoms with Gasteiger partial charge in [-0.1, -0.05) is 38.1 Å². The molecule has 0 heterocycles. The van der Waals surface area contributed by atoms with Gasteiger partial charge >= 0.3 is 0 Å². The first-order valence-corrected chi connectivity index (χ1v) is 6.81. The molecule has 1 nitrogen and oxygen atoms in total. The fourth-order valence-corrected chi connectivity index (χ4v) is 2.99. The van der Waals surface area contributed by atoms with Crippen molar-refractivity contribution in [2.75, 3.05) is 6.61 Å². The van der Waals surface area contributed by atoms with Gasteiger partial charge in [0.1, 0.15) is 0 Å². The minimum atomic E-state index is 0.259. The molecule has 0 atom stereocenters. The highest BCUT2D eigenvalue weighted by atomic mass is 16.2. The summed E-state index contributed by atoms with van der Waals surface area (Å²) in [5, 5.41) is 9.13. The highest BCUT2D eigenvalue weighted by Gasteiger charge is 2.28. The van der Waals surface area contributed by atoms with Gasteiger partial charge < -0.3 is 5.11 Å². The molecule has 0 bridgehead atoms. The third kappa shape index (κ3) is 3.10. The zero-order valence-corrected chi connectivity index (χ0v) is 11.1. The zero-order valence-electron chi connectivity index (χ0n) is 11.1. The summed E-state index contributed by atoms with van der Waals surface area (Å²) in [6, 6.07) is 8.65. The van der Waals surface area contributed by atoms with E-state index >= 15 is 0 Å². The highest BCUT2D eigenvalue weighted by molar-refractivity contribution is 5.31. The van der Waals surface area contributed by atoms with E-state index in [0.29, 0.717) is 11.3 Å². The number of aliphatic hydroxyl groups excluding tert-OH is 1. The molecule has 0 aliphatic heterocycles. The van der Waals surface area contributed by atoms with Crippen LogP contribution < -0.4 is 0 Å². The average Bonchev–Trinajstić information content (AvgIpc) is 2.31. The predicted molar refractivity (Wildman–Crippen MR) is 72.2 cm³/mol. The van der Waals surface area contributed by atoms with Gasteiger partial charge in [-0.3, -0.25) is 0 Å².